The van der Waals surface area contributed by atoms with Gasteiger partial charge in [0.25, 0.3) is 0 Å². The highest BCUT2D eigenvalue weighted by Crippen LogP contribution is 2.36. The van der Waals surface area contributed by atoms with Gasteiger partial charge in [-0.05, 0) is 59.7 Å². The first kappa shape index (κ1) is 16.9. The second kappa shape index (κ2) is 7.08. The Morgan fingerprint density at radius 1 is 1.18 bits per heavy atom. The molecule has 2 aromatic heterocycles. The number of aromatic amines is 1. The number of nitrogens with zero attached hydrogens (tertiary/aromatic N) is 5. The summed E-state index contributed by atoms with van der Waals surface area (Å²) in [7, 11) is 0. The van der Waals surface area contributed by atoms with Crippen LogP contribution >= 0.6 is 11.8 Å². The van der Waals surface area contributed by atoms with Gasteiger partial charge in [-0.1, -0.05) is 23.9 Å². The molecule has 28 heavy (non-hydrogen) atoms. The van der Waals surface area contributed by atoms with Crippen LogP contribution in [0.4, 0.5) is 5.69 Å². The van der Waals surface area contributed by atoms with Crippen molar-refractivity contribution in [3.05, 3.63) is 48.5 Å². The number of thioether (sulfide) groups is 1. The number of imidazole rings is 1. The van der Waals surface area contributed by atoms with Gasteiger partial charge in [0, 0.05) is 11.3 Å². The average molecular weight is 391 g/mol. The van der Waals surface area contributed by atoms with Gasteiger partial charge in [0.15, 0.2) is 0 Å². The molecule has 2 aromatic carbocycles. The van der Waals surface area contributed by atoms with Crippen molar-refractivity contribution in [3.63, 3.8) is 0 Å². The van der Waals surface area contributed by atoms with Crippen molar-refractivity contribution < 1.29 is 4.79 Å². The molecule has 0 spiro atoms. The van der Waals surface area contributed by atoms with Crippen LogP contribution in [0.3, 0.4) is 0 Å². The van der Waals surface area contributed by atoms with Crippen molar-refractivity contribution in [3.8, 4) is 11.4 Å². The SMILES string of the molecule is O=C(CSc1nnnn1C1CC1)Nc1ccc(-c2nc3ccccc3[nH]2)cc1. The number of H-pyrrole nitrogens is 1. The zero-order valence-corrected chi connectivity index (χ0v) is 15.7. The number of tetrazole rings is 1. The highest BCUT2D eigenvalue weighted by atomic mass is 32.2. The van der Waals surface area contributed by atoms with E-state index in [0.29, 0.717) is 11.2 Å². The second-order valence-corrected chi connectivity index (χ2v) is 7.60. The molecule has 1 fully saturated rings. The lowest BCUT2D eigenvalue weighted by Crippen LogP contribution is -2.14. The standard InChI is InChI=1S/C19H17N7OS/c27-17(11-28-19-23-24-25-26(19)14-9-10-14)20-13-7-5-12(6-8-13)18-21-15-3-1-2-4-16(15)22-18/h1-8,14H,9-11H2,(H,20,27)(H,21,22). The molecule has 1 aliphatic rings. The van der Waals surface area contributed by atoms with Gasteiger partial charge >= 0.3 is 0 Å². The average Bonchev–Trinajstić information content (AvgIpc) is 3.29. The van der Waals surface area contributed by atoms with Crippen LogP contribution in [0.2, 0.25) is 0 Å². The van der Waals surface area contributed by atoms with Gasteiger partial charge in [-0.25, -0.2) is 9.67 Å². The third kappa shape index (κ3) is 3.48. The molecular weight excluding hydrogens is 374 g/mol. The van der Waals surface area contributed by atoms with Gasteiger partial charge in [-0.3, -0.25) is 4.79 Å². The molecule has 1 amide bonds. The summed E-state index contributed by atoms with van der Waals surface area (Å²) >= 11 is 1.35. The van der Waals surface area contributed by atoms with Crippen molar-refractivity contribution >= 4 is 34.4 Å². The largest absolute Gasteiger partial charge is 0.338 e. The van der Waals surface area contributed by atoms with Gasteiger partial charge in [-0.2, -0.15) is 0 Å². The van der Waals surface area contributed by atoms with Crippen molar-refractivity contribution in [2.45, 2.75) is 24.0 Å². The summed E-state index contributed by atoms with van der Waals surface area (Å²) in [6, 6.07) is 15.9. The molecule has 140 valence electrons. The molecule has 8 nitrogen and oxygen atoms in total. The maximum Gasteiger partial charge on any atom is 0.234 e. The number of fused-ring (bicyclic) bond motifs is 1. The highest BCUT2D eigenvalue weighted by Gasteiger charge is 2.28. The van der Waals surface area contributed by atoms with Crippen LogP contribution in [0.15, 0.2) is 53.7 Å². The topological polar surface area (TPSA) is 101 Å². The number of hydrogen-bond acceptors (Lipinski definition) is 6. The van der Waals surface area contributed by atoms with Crippen LogP contribution in [-0.4, -0.2) is 41.8 Å². The normalized spacial score (nSPS) is 13.7. The molecular formula is C19H17N7OS. The molecule has 0 aliphatic heterocycles. The third-order valence-electron chi connectivity index (χ3n) is 4.52. The maximum atomic E-state index is 12.2. The number of carbonyl (C=O) groups is 1. The fourth-order valence-electron chi connectivity index (χ4n) is 2.96. The van der Waals surface area contributed by atoms with E-state index in [-0.39, 0.29) is 11.7 Å². The Morgan fingerprint density at radius 2 is 2.00 bits per heavy atom. The van der Waals surface area contributed by atoms with E-state index in [9.17, 15) is 4.79 Å². The minimum Gasteiger partial charge on any atom is -0.338 e. The second-order valence-electron chi connectivity index (χ2n) is 6.65. The Kier molecular flexibility index (Phi) is 4.28. The van der Waals surface area contributed by atoms with E-state index < -0.39 is 0 Å². The third-order valence-corrected chi connectivity index (χ3v) is 5.45. The summed E-state index contributed by atoms with van der Waals surface area (Å²) in [6.45, 7) is 0. The number of rotatable bonds is 6. The van der Waals surface area contributed by atoms with Crippen LogP contribution < -0.4 is 5.32 Å². The number of para-hydroxylation sites is 2. The Morgan fingerprint density at radius 3 is 2.79 bits per heavy atom. The molecule has 2 heterocycles. The lowest BCUT2D eigenvalue weighted by atomic mass is 10.2. The van der Waals surface area contributed by atoms with E-state index in [4.69, 9.17) is 0 Å². The van der Waals surface area contributed by atoms with Crippen LogP contribution in [-0.2, 0) is 4.79 Å². The van der Waals surface area contributed by atoms with E-state index in [1.165, 1.54) is 11.8 Å². The zero-order valence-electron chi connectivity index (χ0n) is 14.9. The van der Waals surface area contributed by atoms with Crippen LogP contribution in [0.5, 0.6) is 0 Å². The minimum absolute atomic E-state index is 0.0909. The lowest BCUT2D eigenvalue weighted by molar-refractivity contribution is -0.113. The molecule has 0 bridgehead atoms. The Balaban J connectivity index is 1.22. The predicted molar refractivity (Wildman–Crippen MR) is 107 cm³/mol. The fraction of sp³-hybridized carbons (Fsp3) is 0.211. The molecule has 0 unspecified atom stereocenters. The Bertz CT molecular complexity index is 1100. The molecule has 0 atom stereocenters. The summed E-state index contributed by atoms with van der Waals surface area (Å²) < 4.78 is 1.81. The van der Waals surface area contributed by atoms with E-state index >= 15 is 0 Å². The van der Waals surface area contributed by atoms with Crippen LogP contribution in [0, 0.1) is 0 Å². The van der Waals surface area contributed by atoms with Gasteiger partial charge in [0.1, 0.15) is 5.82 Å². The quantitative estimate of drug-likeness (QED) is 0.489. The van der Waals surface area contributed by atoms with Crippen LogP contribution in [0.25, 0.3) is 22.4 Å². The van der Waals surface area contributed by atoms with E-state index in [1.807, 2.05) is 48.5 Å². The number of aromatic nitrogens is 6. The van der Waals surface area contributed by atoms with Crippen molar-refractivity contribution in [2.75, 3.05) is 11.1 Å². The molecule has 1 saturated carbocycles. The maximum absolute atomic E-state index is 12.2. The lowest BCUT2D eigenvalue weighted by Gasteiger charge is -2.06. The number of amides is 1. The summed E-state index contributed by atoms with van der Waals surface area (Å²) in [5, 5.41) is 15.3. The van der Waals surface area contributed by atoms with Gasteiger partial charge in [0.05, 0.1) is 22.8 Å². The number of benzene rings is 2. The van der Waals surface area contributed by atoms with Gasteiger partial charge in [0.2, 0.25) is 11.1 Å². The molecule has 1 aliphatic carbocycles. The predicted octanol–water partition coefficient (Wildman–Crippen LogP) is 3.28. The van der Waals surface area contributed by atoms with E-state index in [0.717, 1.165) is 41.0 Å². The summed E-state index contributed by atoms with van der Waals surface area (Å²) in [4.78, 5) is 20.1. The summed E-state index contributed by atoms with van der Waals surface area (Å²) in [5.41, 5.74) is 3.64. The van der Waals surface area contributed by atoms with Crippen molar-refractivity contribution in [2.24, 2.45) is 0 Å². The Labute approximate surface area is 164 Å². The van der Waals surface area contributed by atoms with E-state index in [2.05, 4.69) is 30.8 Å². The molecule has 2 N–H and O–H groups in total. The summed E-state index contributed by atoms with van der Waals surface area (Å²) in [6.07, 6.45) is 2.20. The zero-order chi connectivity index (χ0) is 18.9. The number of carbonyl (C=O) groups excluding carboxylic acids is 1. The monoisotopic (exact) mass is 391 g/mol. The first-order valence-corrected chi connectivity index (χ1v) is 10.0. The minimum atomic E-state index is -0.0909. The molecule has 5 rings (SSSR count). The highest BCUT2D eigenvalue weighted by molar-refractivity contribution is 7.99. The fourth-order valence-corrected chi connectivity index (χ4v) is 3.70. The summed E-state index contributed by atoms with van der Waals surface area (Å²) in [5.74, 6) is 0.978. The first-order chi connectivity index (χ1) is 13.8. The molecule has 0 saturated heterocycles. The smallest absolute Gasteiger partial charge is 0.234 e. The van der Waals surface area contributed by atoms with Crippen molar-refractivity contribution in [1.29, 1.82) is 0 Å². The van der Waals surface area contributed by atoms with Gasteiger partial charge in [-0.15, -0.1) is 5.10 Å². The van der Waals surface area contributed by atoms with E-state index in [1.54, 1.807) is 4.68 Å². The number of anilines is 1. The molecule has 0 radical (unpaired) electrons. The number of hydrogen-bond donors (Lipinski definition) is 2. The van der Waals surface area contributed by atoms with Gasteiger partial charge < -0.3 is 10.3 Å². The van der Waals surface area contributed by atoms with Crippen molar-refractivity contribution in [1.82, 2.24) is 30.2 Å². The molecule has 9 heteroatoms. The first-order valence-electron chi connectivity index (χ1n) is 9.02. The molecule has 4 aromatic rings. The number of nitrogens with one attached hydrogen (secondary N) is 2. The Hall–Kier alpha value is -3.20. The van der Waals surface area contributed by atoms with Crippen LogP contribution in [0.1, 0.15) is 18.9 Å².